The van der Waals surface area contributed by atoms with Crippen molar-refractivity contribution in [2.24, 2.45) is 0 Å². The summed E-state index contributed by atoms with van der Waals surface area (Å²) in [5, 5.41) is 5.93. The lowest BCUT2D eigenvalue weighted by molar-refractivity contribution is 0.662. The van der Waals surface area contributed by atoms with Crippen molar-refractivity contribution >= 4 is 65.8 Å². The molecular formula is C60H37N3O3. The Balaban J connectivity index is 0.926. The molecule has 0 bridgehead atoms. The van der Waals surface area contributed by atoms with Crippen molar-refractivity contribution in [3.63, 3.8) is 0 Å². The number of fused-ring (bicyclic) bond motifs is 12. The van der Waals surface area contributed by atoms with E-state index in [4.69, 9.17) is 28.2 Å². The maximum Gasteiger partial charge on any atom is 0.164 e. The summed E-state index contributed by atoms with van der Waals surface area (Å²) >= 11 is 0. The van der Waals surface area contributed by atoms with Crippen molar-refractivity contribution in [1.29, 1.82) is 0 Å². The number of hydrogen-bond acceptors (Lipinski definition) is 6. The van der Waals surface area contributed by atoms with Gasteiger partial charge in [-0.3, -0.25) is 0 Å². The van der Waals surface area contributed by atoms with Crippen LogP contribution in [-0.2, 0) is 5.41 Å². The van der Waals surface area contributed by atoms with Gasteiger partial charge in [-0.15, -0.1) is 0 Å². The molecule has 14 rings (SSSR count). The summed E-state index contributed by atoms with van der Waals surface area (Å²) in [4.78, 5) is 15.8. The normalized spacial score (nSPS) is 13.1. The largest absolute Gasteiger partial charge is 0.456 e. The van der Waals surface area contributed by atoms with Gasteiger partial charge in [-0.2, -0.15) is 0 Å². The second kappa shape index (κ2) is 13.7. The summed E-state index contributed by atoms with van der Waals surface area (Å²) in [6.07, 6.45) is 0. The molecular weight excluding hydrogens is 811 g/mol. The first-order valence-electron chi connectivity index (χ1n) is 22.3. The lowest BCUT2D eigenvalue weighted by atomic mass is 9.79. The van der Waals surface area contributed by atoms with Crippen molar-refractivity contribution in [2.75, 3.05) is 0 Å². The van der Waals surface area contributed by atoms with Crippen molar-refractivity contribution in [1.82, 2.24) is 15.0 Å². The van der Waals surface area contributed by atoms with Crippen LogP contribution in [-0.4, -0.2) is 15.0 Å². The molecule has 13 aromatic rings. The second-order valence-electron chi connectivity index (χ2n) is 17.9. The highest BCUT2D eigenvalue weighted by Gasteiger charge is 2.37. The lowest BCUT2D eigenvalue weighted by Crippen LogP contribution is -2.16. The Morgan fingerprint density at radius 1 is 0.318 bits per heavy atom. The standard InChI is InChI=1S/C60H37N3O3/c1-60(2)47-19-6-3-12-39(47)41-16-9-15-38(56(41)60)35-26-24-34(25-27-35)36-28-30-51-46(32-36)55-44(18-11-23-53(55)66-51)59-62-57(37-29-31-50-45(33-37)40-13-4-7-20-48(40)64-50)61-58(63-59)43-17-10-22-52-54(43)42-14-5-8-21-49(42)65-52/h3-33H,1-2H3. The minimum atomic E-state index is -0.102. The molecule has 0 atom stereocenters. The smallest absolute Gasteiger partial charge is 0.164 e. The van der Waals surface area contributed by atoms with Gasteiger partial charge in [-0.1, -0.05) is 147 Å². The molecule has 1 aliphatic carbocycles. The van der Waals surface area contributed by atoms with Crippen molar-refractivity contribution < 1.29 is 13.3 Å². The van der Waals surface area contributed by atoms with Gasteiger partial charge in [0.1, 0.15) is 33.5 Å². The predicted molar refractivity (Wildman–Crippen MR) is 266 cm³/mol. The summed E-state index contributed by atoms with van der Waals surface area (Å²) in [6, 6.07) is 65.5. The monoisotopic (exact) mass is 847 g/mol. The summed E-state index contributed by atoms with van der Waals surface area (Å²) in [5.74, 6) is 1.64. The first kappa shape index (κ1) is 36.8. The van der Waals surface area contributed by atoms with E-state index in [0.29, 0.717) is 17.5 Å². The van der Waals surface area contributed by atoms with Gasteiger partial charge in [0.15, 0.2) is 17.5 Å². The lowest BCUT2D eigenvalue weighted by Gasteiger charge is -2.24. The van der Waals surface area contributed by atoms with Crippen molar-refractivity contribution in [3.8, 4) is 67.5 Å². The van der Waals surface area contributed by atoms with Crippen LogP contribution in [0.4, 0.5) is 0 Å². The highest BCUT2D eigenvalue weighted by molar-refractivity contribution is 6.14. The molecule has 4 aromatic heterocycles. The average molecular weight is 848 g/mol. The van der Waals surface area contributed by atoms with Crippen LogP contribution in [0.15, 0.2) is 201 Å². The quantitative estimate of drug-likeness (QED) is 0.172. The Kier molecular flexibility index (Phi) is 7.64. The Hall–Kier alpha value is -8.61. The average Bonchev–Trinajstić information content (AvgIpc) is 4.11. The molecule has 0 fully saturated rings. The third-order valence-electron chi connectivity index (χ3n) is 13.8. The zero-order valence-electron chi connectivity index (χ0n) is 36.0. The third kappa shape index (κ3) is 5.39. The van der Waals surface area contributed by atoms with Crippen molar-refractivity contribution in [2.45, 2.75) is 19.3 Å². The van der Waals surface area contributed by atoms with Gasteiger partial charge >= 0.3 is 0 Å². The Morgan fingerprint density at radius 3 is 1.55 bits per heavy atom. The van der Waals surface area contributed by atoms with Crippen LogP contribution in [0.2, 0.25) is 0 Å². The van der Waals surface area contributed by atoms with Crippen molar-refractivity contribution in [3.05, 3.63) is 199 Å². The molecule has 0 N–H and O–H groups in total. The number of benzene rings is 9. The SMILES string of the molecule is CC1(C)c2ccccc2-c2cccc(-c3ccc(-c4ccc5oc6cccc(-c7nc(-c8ccc9oc%10ccccc%10c9c8)nc(-c8cccc9oc%10ccccc%10c89)n7)c6c5c4)cc3)c21. The minimum Gasteiger partial charge on any atom is -0.456 e. The molecule has 0 spiro atoms. The van der Waals surface area contributed by atoms with E-state index in [-0.39, 0.29) is 5.41 Å². The van der Waals surface area contributed by atoms with Gasteiger partial charge in [0.25, 0.3) is 0 Å². The molecule has 66 heavy (non-hydrogen) atoms. The summed E-state index contributed by atoms with van der Waals surface area (Å²) in [5.41, 5.74) is 17.3. The molecule has 0 aliphatic heterocycles. The van der Waals surface area contributed by atoms with Crippen LogP contribution in [0.25, 0.3) is 133 Å². The molecule has 6 nitrogen and oxygen atoms in total. The first-order valence-corrected chi connectivity index (χ1v) is 22.3. The van der Waals surface area contributed by atoms with Gasteiger partial charge in [0, 0.05) is 54.4 Å². The van der Waals surface area contributed by atoms with Gasteiger partial charge in [-0.25, -0.2) is 15.0 Å². The number of nitrogens with zero attached hydrogens (tertiary/aromatic N) is 3. The molecule has 0 saturated carbocycles. The summed E-state index contributed by atoms with van der Waals surface area (Å²) in [7, 11) is 0. The van der Waals surface area contributed by atoms with Crippen LogP contribution >= 0.6 is 0 Å². The maximum absolute atomic E-state index is 6.58. The van der Waals surface area contributed by atoms with Crippen LogP contribution < -0.4 is 0 Å². The minimum absolute atomic E-state index is 0.102. The molecule has 1 aliphatic rings. The molecule has 9 aromatic carbocycles. The highest BCUT2D eigenvalue weighted by atomic mass is 16.3. The van der Waals surface area contributed by atoms with Crippen LogP contribution in [0.1, 0.15) is 25.0 Å². The molecule has 0 unspecified atom stereocenters. The van der Waals surface area contributed by atoms with E-state index < -0.39 is 0 Å². The summed E-state index contributed by atoms with van der Waals surface area (Å²) < 4.78 is 19.1. The Labute approximate surface area is 378 Å². The zero-order chi connectivity index (χ0) is 43.7. The highest BCUT2D eigenvalue weighted by Crippen LogP contribution is 2.52. The van der Waals surface area contributed by atoms with Gasteiger partial charge in [-0.05, 0) is 99.1 Å². The second-order valence-corrected chi connectivity index (χ2v) is 17.9. The fourth-order valence-electron chi connectivity index (χ4n) is 10.7. The number of furan rings is 3. The summed E-state index contributed by atoms with van der Waals surface area (Å²) in [6.45, 7) is 4.69. The van der Waals surface area contributed by atoms with Crippen LogP contribution in [0, 0.1) is 0 Å². The number of aromatic nitrogens is 3. The maximum atomic E-state index is 6.58. The molecule has 310 valence electrons. The first-order chi connectivity index (χ1) is 32.4. The van der Waals surface area contributed by atoms with E-state index in [1.165, 1.54) is 33.4 Å². The molecule has 0 radical (unpaired) electrons. The fourth-order valence-corrected chi connectivity index (χ4v) is 10.7. The molecule has 4 heterocycles. The number of hydrogen-bond donors (Lipinski definition) is 0. The number of rotatable bonds is 5. The van der Waals surface area contributed by atoms with Gasteiger partial charge in [0.05, 0.1) is 0 Å². The predicted octanol–water partition coefficient (Wildman–Crippen LogP) is 16.2. The molecule has 0 saturated heterocycles. The number of para-hydroxylation sites is 2. The van der Waals surface area contributed by atoms with Gasteiger partial charge < -0.3 is 13.3 Å². The zero-order valence-corrected chi connectivity index (χ0v) is 36.0. The fraction of sp³-hybridized carbons (Fsp3) is 0.0500. The molecule has 6 heteroatoms. The third-order valence-corrected chi connectivity index (χ3v) is 13.8. The van der Waals surface area contributed by atoms with Gasteiger partial charge in [0.2, 0.25) is 0 Å². The molecule has 0 amide bonds. The van der Waals surface area contributed by atoms with E-state index >= 15 is 0 Å². The van der Waals surface area contributed by atoms with E-state index in [0.717, 1.165) is 93.6 Å². The van der Waals surface area contributed by atoms with E-state index in [1.54, 1.807) is 0 Å². The topological polar surface area (TPSA) is 78.1 Å². The van der Waals surface area contributed by atoms with E-state index in [1.807, 2.05) is 72.8 Å². The Bertz CT molecular complexity index is 4150. The van der Waals surface area contributed by atoms with E-state index in [2.05, 4.69) is 129 Å². The van der Waals surface area contributed by atoms with E-state index in [9.17, 15) is 0 Å². The van der Waals surface area contributed by atoms with Crippen LogP contribution in [0.5, 0.6) is 0 Å². The van der Waals surface area contributed by atoms with Crippen LogP contribution in [0.3, 0.4) is 0 Å². The Morgan fingerprint density at radius 2 is 0.788 bits per heavy atom.